The molecule has 0 bridgehead atoms. The number of nitrogens with zero attached hydrogens (tertiary/aromatic N) is 1. The molecule has 0 aliphatic rings. The van der Waals surface area contributed by atoms with E-state index in [1.165, 1.54) is 10.9 Å². The molecule has 0 aliphatic heterocycles. The van der Waals surface area contributed by atoms with E-state index in [9.17, 15) is 0 Å². The van der Waals surface area contributed by atoms with E-state index in [2.05, 4.69) is 24.0 Å². The number of aromatic nitrogens is 1. The minimum Gasteiger partial charge on any atom is -0.463 e. The van der Waals surface area contributed by atoms with Crippen LogP contribution in [0.3, 0.4) is 0 Å². The number of furan rings is 1. The second kappa shape index (κ2) is 3.49. The summed E-state index contributed by atoms with van der Waals surface area (Å²) >= 11 is 0. The Kier molecular flexibility index (Phi) is 2.00. The predicted molar refractivity (Wildman–Crippen MR) is 64.2 cm³/mol. The van der Waals surface area contributed by atoms with Crippen molar-refractivity contribution in [3.8, 4) is 11.5 Å². The highest BCUT2D eigenvalue weighted by Gasteiger charge is 2.05. The van der Waals surface area contributed by atoms with Gasteiger partial charge in [0.15, 0.2) is 5.76 Å². The van der Waals surface area contributed by atoms with Gasteiger partial charge in [0.2, 0.25) is 0 Å². The molecule has 2 aromatic heterocycles. The third-order valence-electron chi connectivity index (χ3n) is 2.70. The number of aryl methyl sites for hydroxylation is 1. The molecule has 1 aromatic carbocycles. The molecule has 0 radical (unpaired) electrons. The van der Waals surface area contributed by atoms with Crippen molar-refractivity contribution in [1.82, 2.24) is 4.98 Å². The van der Waals surface area contributed by atoms with Gasteiger partial charge in [-0.25, -0.2) is 4.98 Å². The summed E-state index contributed by atoms with van der Waals surface area (Å²) in [6.45, 7) is 2.09. The van der Waals surface area contributed by atoms with Crippen molar-refractivity contribution in [3.63, 3.8) is 0 Å². The lowest BCUT2D eigenvalue weighted by Gasteiger charge is -2.04. The van der Waals surface area contributed by atoms with E-state index >= 15 is 0 Å². The number of benzene rings is 1. The number of pyridine rings is 1. The number of fused-ring (bicyclic) bond motifs is 1. The van der Waals surface area contributed by atoms with Crippen molar-refractivity contribution in [2.45, 2.75) is 6.92 Å². The highest BCUT2D eigenvalue weighted by molar-refractivity contribution is 5.84. The Morgan fingerprint density at radius 3 is 2.75 bits per heavy atom. The van der Waals surface area contributed by atoms with Gasteiger partial charge in [0, 0.05) is 5.39 Å². The fraction of sp³-hybridized carbons (Fsp3) is 0.0714. The van der Waals surface area contributed by atoms with Crippen molar-refractivity contribution in [2.75, 3.05) is 0 Å². The molecule has 0 saturated heterocycles. The highest BCUT2D eigenvalue weighted by Crippen LogP contribution is 2.24. The Hall–Kier alpha value is -2.09. The van der Waals surface area contributed by atoms with Crippen molar-refractivity contribution < 1.29 is 4.42 Å². The molecule has 0 amide bonds. The van der Waals surface area contributed by atoms with Crippen molar-refractivity contribution in [2.24, 2.45) is 0 Å². The van der Waals surface area contributed by atoms with E-state index in [1.807, 2.05) is 30.3 Å². The molecule has 0 spiro atoms. The quantitative estimate of drug-likeness (QED) is 0.609. The topological polar surface area (TPSA) is 26.0 Å². The van der Waals surface area contributed by atoms with Gasteiger partial charge in [-0.1, -0.05) is 18.2 Å². The van der Waals surface area contributed by atoms with E-state index < -0.39 is 0 Å². The molecule has 2 nitrogen and oxygen atoms in total. The summed E-state index contributed by atoms with van der Waals surface area (Å²) in [5.41, 5.74) is 3.12. The highest BCUT2D eigenvalue weighted by atomic mass is 16.3. The predicted octanol–water partition coefficient (Wildman–Crippen LogP) is 3.80. The van der Waals surface area contributed by atoms with Crippen molar-refractivity contribution in [1.29, 1.82) is 0 Å². The van der Waals surface area contributed by atoms with Gasteiger partial charge in [-0.3, -0.25) is 0 Å². The maximum atomic E-state index is 5.36. The third-order valence-corrected chi connectivity index (χ3v) is 2.70. The Bertz CT molecular complexity index is 626. The lowest BCUT2D eigenvalue weighted by atomic mass is 10.1. The Morgan fingerprint density at radius 1 is 1.06 bits per heavy atom. The first-order valence-electron chi connectivity index (χ1n) is 5.25. The van der Waals surface area contributed by atoms with Gasteiger partial charge in [-0.15, -0.1) is 0 Å². The zero-order chi connectivity index (χ0) is 11.0. The number of rotatable bonds is 1. The van der Waals surface area contributed by atoms with Crippen LogP contribution in [-0.4, -0.2) is 4.98 Å². The minimum atomic E-state index is 0.814. The summed E-state index contributed by atoms with van der Waals surface area (Å²) in [4.78, 5) is 4.58. The summed E-state index contributed by atoms with van der Waals surface area (Å²) in [6, 6.07) is 14.0. The second-order valence-corrected chi connectivity index (χ2v) is 3.82. The minimum absolute atomic E-state index is 0.814. The van der Waals surface area contributed by atoms with Crippen LogP contribution in [0.4, 0.5) is 0 Å². The first-order valence-corrected chi connectivity index (χ1v) is 5.25. The zero-order valence-corrected chi connectivity index (χ0v) is 8.97. The van der Waals surface area contributed by atoms with Crippen LogP contribution < -0.4 is 0 Å². The molecule has 16 heavy (non-hydrogen) atoms. The molecule has 2 heterocycles. The summed E-state index contributed by atoms with van der Waals surface area (Å²) in [5, 5.41) is 1.19. The Morgan fingerprint density at radius 2 is 1.94 bits per heavy atom. The van der Waals surface area contributed by atoms with E-state index in [1.54, 1.807) is 6.26 Å². The standard InChI is InChI=1S/C14H11NO/c1-10-9-13(14-7-4-8-16-14)15-12-6-3-2-5-11(10)12/h2-9H,1H3. The molecule has 0 aliphatic carbocycles. The number of hydrogen-bond donors (Lipinski definition) is 0. The second-order valence-electron chi connectivity index (χ2n) is 3.82. The summed E-state index contributed by atoms with van der Waals surface area (Å²) in [6.07, 6.45) is 1.67. The molecule has 3 aromatic rings. The normalized spacial score (nSPS) is 10.8. The summed E-state index contributed by atoms with van der Waals surface area (Å²) in [5.74, 6) is 0.814. The maximum absolute atomic E-state index is 5.36. The molecule has 2 heteroatoms. The van der Waals surface area contributed by atoms with Gasteiger partial charge in [0.05, 0.1) is 11.8 Å². The first-order chi connectivity index (χ1) is 7.84. The van der Waals surface area contributed by atoms with Gasteiger partial charge in [-0.05, 0) is 36.8 Å². The largest absolute Gasteiger partial charge is 0.463 e. The van der Waals surface area contributed by atoms with Crippen molar-refractivity contribution >= 4 is 10.9 Å². The van der Waals surface area contributed by atoms with E-state index in [-0.39, 0.29) is 0 Å². The van der Waals surface area contributed by atoms with Crippen LogP contribution in [0, 0.1) is 6.92 Å². The lowest BCUT2D eigenvalue weighted by molar-refractivity contribution is 0.580. The monoisotopic (exact) mass is 209 g/mol. The van der Waals surface area contributed by atoms with Crippen LogP contribution in [-0.2, 0) is 0 Å². The van der Waals surface area contributed by atoms with Gasteiger partial charge in [0.1, 0.15) is 5.69 Å². The Labute approximate surface area is 93.5 Å². The Balaban J connectivity index is 2.29. The molecule has 0 atom stereocenters. The van der Waals surface area contributed by atoms with Crippen molar-refractivity contribution in [3.05, 3.63) is 54.3 Å². The van der Waals surface area contributed by atoms with Crippen LogP contribution in [0.25, 0.3) is 22.4 Å². The number of hydrogen-bond acceptors (Lipinski definition) is 2. The first kappa shape index (κ1) is 9.16. The van der Waals surface area contributed by atoms with E-state index in [4.69, 9.17) is 4.42 Å². The fourth-order valence-electron chi connectivity index (χ4n) is 1.90. The van der Waals surface area contributed by atoms with Gasteiger partial charge >= 0.3 is 0 Å². The maximum Gasteiger partial charge on any atom is 0.152 e. The molecule has 0 N–H and O–H groups in total. The number of para-hydroxylation sites is 1. The van der Waals surface area contributed by atoms with Crippen LogP contribution in [0.15, 0.2) is 53.1 Å². The third kappa shape index (κ3) is 1.39. The van der Waals surface area contributed by atoms with E-state index in [0.29, 0.717) is 0 Å². The average molecular weight is 209 g/mol. The van der Waals surface area contributed by atoms with Crippen LogP contribution in [0.1, 0.15) is 5.56 Å². The molecule has 0 saturated carbocycles. The smallest absolute Gasteiger partial charge is 0.152 e. The van der Waals surface area contributed by atoms with Crippen LogP contribution in [0.5, 0.6) is 0 Å². The van der Waals surface area contributed by atoms with Gasteiger partial charge in [-0.2, -0.15) is 0 Å². The molecular formula is C14H11NO. The molecule has 78 valence electrons. The average Bonchev–Trinajstić information content (AvgIpc) is 2.82. The van der Waals surface area contributed by atoms with Gasteiger partial charge < -0.3 is 4.42 Å². The molecular weight excluding hydrogens is 198 g/mol. The summed E-state index contributed by atoms with van der Waals surface area (Å²) in [7, 11) is 0. The SMILES string of the molecule is Cc1cc(-c2ccco2)nc2ccccc12. The molecule has 0 unspecified atom stereocenters. The lowest BCUT2D eigenvalue weighted by Crippen LogP contribution is -1.87. The van der Waals surface area contributed by atoms with Crippen LogP contribution in [0.2, 0.25) is 0 Å². The molecule has 0 fully saturated rings. The zero-order valence-electron chi connectivity index (χ0n) is 8.97. The van der Waals surface area contributed by atoms with Crippen LogP contribution >= 0.6 is 0 Å². The molecule has 3 rings (SSSR count). The van der Waals surface area contributed by atoms with Gasteiger partial charge in [0.25, 0.3) is 0 Å². The van der Waals surface area contributed by atoms with E-state index in [0.717, 1.165) is 17.0 Å². The summed E-state index contributed by atoms with van der Waals surface area (Å²) < 4.78 is 5.36. The fourth-order valence-corrected chi connectivity index (χ4v) is 1.90.